The molecule has 2 aliphatic heterocycles. The molecule has 0 saturated carbocycles. The fraction of sp³-hybridized carbons (Fsp3) is 0.818. The van der Waals surface area contributed by atoms with Crippen molar-refractivity contribution in [2.45, 2.75) is 45.8 Å². The second kappa shape index (κ2) is 2.74. The highest BCUT2D eigenvalue weighted by molar-refractivity contribution is 6.00. The van der Waals surface area contributed by atoms with Gasteiger partial charge in [-0.15, -0.1) is 0 Å². The average molecular weight is 211 g/mol. The molecule has 0 bridgehead atoms. The van der Waals surface area contributed by atoms with Crippen molar-refractivity contribution in [1.29, 1.82) is 0 Å². The van der Waals surface area contributed by atoms with E-state index in [9.17, 15) is 9.59 Å². The topological polar surface area (TPSA) is 55.4 Å². The number of amides is 1. The second-order valence-electron chi connectivity index (χ2n) is 5.53. The number of hydrogen-bond donors (Lipinski definition) is 1. The fourth-order valence-electron chi connectivity index (χ4n) is 2.61. The maximum atomic E-state index is 11.7. The molecule has 1 N–H and O–H groups in total. The summed E-state index contributed by atoms with van der Waals surface area (Å²) in [5.74, 6) is -0.00586. The lowest BCUT2D eigenvalue weighted by atomic mass is 9.73. The molecular weight excluding hydrogens is 194 g/mol. The van der Waals surface area contributed by atoms with Crippen LogP contribution in [-0.2, 0) is 14.3 Å². The molecule has 2 rings (SSSR count). The maximum Gasteiger partial charge on any atom is 0.336 e. The van der Waals surface area contributed by atoms with Crippen LogP contribution in [0, 0.1) is 11.3 Å². The van der Waals surface area contributed by atoms with Crippen molar-refractivity contribution in [2.24, 2.45) is 11.3 Å². The summed E-state index contributed by atoms with van der Waals surface area (Å²) in [4.78, 5) is 23.3. The standard InChI is InChI=1S/C11H17NO3/c1-6(2)5-11-7(15-9(11)14)10(3,4)8(13)12-11/h6-7H,5H2,1-4H3,(H,12,13)/t7-,11+/m0/s1. The minimum Gasteiger partial charge on any atom is -0.456 e. The molecule has 0 aromatic rings. The highest BCUT2D eigenvalue weighted by Gasteiger charge is 2.71. The van der Waals surface area contributed by atoms with Crippen LogP contribution in [0.4, 0.5) is 0 Å². The lowest BCUT2D eigenvalue weighted by Crippen LogP contribution is -2.68. The van der Waals surface area contributed by atoms with Crippen molar-refractivity contribution < 1.29 is 14.3 Å². The Morgan fingerprint density at radius 2 is 2.00 bits per heavy atom. The summed E-state index contributed by atoms with van der Waals surface area (Å²) in [5, 5.41) is 2.82. The van der Waals surface area contributed by atoms with Crippen LogP contribution < -0.4 is 5.32 Å². The van der Waals surface area contributed by atoms with E-state index in [2.05, 4.69) is 5.32 Å². The van der Waals surface area contributed by atoms with Crippen molar-refractivity contribution in [1.82, 2.24) is 5.32 Å². The monoisotopic (exact) mass is 211 g/mol. The van der Waals surface area contributed by atoms with E-state index in [0.717, 1.165) is 0 Å². The minimum absolute atomic E-state index is 0.0843. The van der Waals surface area contributed by atoms with Gasteiger partial charge in [0.1, 0.15) is 6.10 Å². The number of nitrogens with one attached hydrogen (secondary N) is 1. The van der Waals surface area contributed by atoms with Gasteiger partial charge in [0, 0.05) is 0 Å². The van der Waals surface area contributed by atoms with E-state index >= 15 is 0 Å². The van der Waals surface area contributed by atoms with Gasteiger partial charge >= 0.3 is 5.97 Å². The average Bonchev–Trinajstić information content (AvgIpc) is 2.24. The van der Waals surface area contributed by atoms with Gasteiger partial charge < -0.3 is 10.1 Å². The summed E-state index contributed by atoms with van der Waals surface area (Å²) < 4.78 is 5.13. The molecule has 1 amide bonds. The van der Waals surface area contributed by atoms with Gasteiger partial charge in [0.2, 0.25) is 5.91 Å². The Balaban J connectivity index is 2.32. The molecule has 0 aliphatic carbocycles. The highest BCUT2D eigenvalue weighted by atomic mass is 16.6. The molecule has 2 atom stereocenters. The first-order valence-electron chi connectivity index (χ1n) is 5.34. The number of carbonyl (C=O) groups is 2. The minimum atomic E-state index is -0.741. The quantitative estimate of drug-likeness (QED) is 0.689. The molecular formula is C11H17NO3. The smallest absolute Gasteiger partial charge is 0.336 e. The van der Waals surface area contributed by atoms with Crippen molar-refractivity contribution in [3.05, 3.63) is 0 Å². The van der Waals surface area contributed by atoms with Crippen LogP contribution in [0.25, 0.3) is 0 Å². The van der Waals surface area contributed by atoms with Gasteiger partial charge in [0.05, 0.1) is 5.41 Å². The highest BCUT2D eigenvalue weighted by Crippen LogP contribution is 2.48. The number of carbonyl (C=O) groups excluding carboxylic acids is 2. The van der Waals surface area contributed by atoms with Crippen LogP contribution in [0.2, 0.25) is 0 Å². The molecule has 4 nitrogen and oxygen atoms in total. The van der Waals surface area contributed by atoms with E-state index in [1.54, 1.807) is 0 Å². The Kier molecular flexibility index (Phi) is 1.91. The maximum absolute atomic E-state index is 11.7. The van der Waals surface area contributed by atoms with Gasteiger partial charge in [-0.3, -0.25) is 4.79 Å². The third-order valence-corrected chi connectivity index (χ3v) is 3.34. The molecule has 2 fully saturated rings. The largest absolute Gasteiger partial charge is 0.456 e. The van der Waals surface area contributed by atoms with E-state index in [1.165, 1.54) is 0 Å². The molecule has 0 aromatic carbocycles. The van der Waals surface area contributed by atoms with Crippen LogP contribution in [0.1, 0.15) is 34.1 Å². The Morgan fingerprint density at radius 3 is 2.40 bits per heavy atom. The van der Waals surface area contributed by atoms with E-state index in [4.69, 9.17) is 4.74 Å². The predicted octanol–water partition coefficient (Wildman–Crippen LogP) is 0.853. The van der Waals surface area contributed by atoms with Crippen molar-refractivity contribution in [2.75, 3.05) is 0 Å². The van der Waals surface area contributed by atoms with E-state index in [1.807, 2.05) is 27.7 Å². The first kappa shape index (κ1) is 10.5. The number of ether oxygens (including phenoxy) is 1. The zero-order valence-electron chi connectivity index (χ0n) is 9.59. The van der Waals surface area contributed by atoms with Gasteiger partial charge in [-0.05, 0) is 26.2 Å². The number of esters is 1. The fourth-order valence-corrected chi connectivity index (χ4v) is 2.61. The van der Waals surface area contributed by atoms with Crippen LogP contribution in [0.5, 0.6) is 0 Å². The van der Waals surface area contributed by atoms with E-state index < -0.39 is 11.0 Å². The summed E-state index contributed by atoms with van der Waals surface area (Å²) in [6.07, 6.45) is 0.360. The Labute approximate surface area is 89.4 Å². The van der Waals surface area contributed by atoms with E-state index in [-0.39, 0.29) is 18.0 Å². The number of rotatable bonds is 2. The third-order valence-electron chi connectivity index (χ3n) is 3.34. The molecule has 0 spiro atoms. The normalized spacial score (nSPS) is 37.0. The van der Waals surface area contributed by atoms with E-state index in [0.29, 0.717) is 12.3 Å². The van der Waals surface area contributed by atoms with Crippen molar-refractivity contribution >= 4 is 11.9 Å². The van der Waals surface area contributed by atoms with Crippen LogP contribution in [0.15, 0.2) is 0 Å². The van der Waals surface area contributed by atoms with Crippen LogP contribution in [0.3, 0.4) is 0 Å². The summed E-state index contributed by atoms with van der Waals surface area (Å²) in [5.41, 5.74) is -1.34. The third kappa shape index (κ3) is 1.13. The predicted molar refractivity (Wildman–Crippen MR) is 54.0 cm³/mol. The van der Waals surface area contributed by atoms with Crippen molar-refractivity contribution in [3.63, 3.8) is 0 Å². The molecule has 0 unspecified atom stereocenters. The van der Waals surface area contributed by atoms with Gasteiger partial charge in [0.15, 0.2) is 5.54 Å². The summed E-state index contributed by atoms with van der Waals surface area (Å²) in [7, 11) is 0. The molecule has 0 aromatic heterocycles. The molecule has 4 heteroatoms. The first-order valence-corrected chi connectivity index (χ1v) is 5.34. The van der Waals surface area contributed by atoms with Crippen LogP contribution in [-0.4, -0.2) is 23.5 Å². The van der Waals surface area contributed by atoms with Gasteiger partial charge in [-0.2, -0.15) is 0 Å². The van der Waals surface area contributed by atoms with Gasteiger partial charge in [-0.1, -0.05) is 13.8 Å². The summed E-state index contributed by atoms with van der Waals surface area (Å²) in [6.45, 7) is 7.72. The Hall–Kier alpha value is -1.06. The SMILES string of the molecule is CC(C)C[C@@]12NC(=O)C(C)(C)[C@@H]1OC2=O. The zero-order valence-corrected chi connectivity index (χ0v) is 9.59. The second-order valence-corrected chi connectivity index (χ2v) is 5.53. The molecule has 2 aliphatic rings. The Bertz CT molecular complexity index is 335. The summed E-state index contributed by atoms with van der Waals surface area (Å²) in [6, 6.07) is 0. The Morgan fingerprint density at radius 1 is 1.40 bits per heavy atom. The van der Waals surface area contributed by atoms with Gasteiger partial charge in [-0.25, -0.2) is 4.79 Å². The summed E-state index contributed by atoms with van der Waals surface area (Å²) >= 11 is 0. The van der Waals surface area contributed by atoms with Crippen molar-refractivity contribution in [3.8, 4) is 0 Å². The number of fused-ring (bicyclic) bond motifs is 1. The first-order chi connectivity index (χ1) is 6.80. The lowest BCUT2D eigenvalue weighted by molar-refractivity contribution is -0.198. The number of hydrogen-bond acceptors (Lipinski definition) is 3. The molecule has 15 heavy (non-hydrogen) atoms. The zero-order chi connectivity index (χ0) is 11.4. The molecule has 0 radical (unpaired) electrons. The van der Waals surface area contributed by atoms with Gasteiger partial charge in [0.25, 0.3) is 0 Å². The molecule has 84 valence electrons. The lowest BCUT2D eigenvalue weighted by Gasteiger charge is -2.45. The molecule has 2 heterocycles. The molecule has 2 saturated heterocycles. The van der Waals surface area contributed by atoms with Crippen LogP contribution >= 0.6 is 0 Å².